The van der Waals surface area contributed by atoms with Gasteiger partial charge < -0.3 is 20.1 Å². The summed E-state index contributed by atoms with van der Waals surface area (Å²) in [4.78, 5) is 22.3. The van der Waals surface area contributed by atoms with Crippen molar-refractivity contribution in [1.82, 2.24) is 9.97 Å². The fourth-order valence-electron chi connectivity index (χ4n) is 3.07. The minimum Gasteiger partial charge on any atom is -0.497 e. The first-order valence-corrected chi connectivity index (χ1v) is 11.3. The highest BCUT2D eigenvalue weighted by Crippen LogP contribution is 2.30. The largest absolute Gasteiger partial charge is 0.497 e. The minimum atomic E-state index is -0.599. The van der Waals surface area contributed by atoms with Gasteiger partial charge in [0.05, 0.1) is 14.2 Å². The number of carbonyl (C=O) groups is 1. The van der Waals surface area contributed by atoms with Crippen molar-refractivity contribution in [2.24, 2.45) is 5.92 Å². The maximum absolute atomic E-state index is 13.6. The molecule has 9 heteroatoms. The molecule has 1 heterocycles. The van der Waals surface area contributed by atoms with Crippen LogP contribution < -0.4 is 15.4 Å². The van der Waals surface area contributed by atoms with Crippen LogP contribution in [0.1, 0.15) is 20.3 Å². The van der Waals surface area contributed by atoms with Crippen LogP contribution in [-0.4, -0.2) is 36.2 Å². The first-order chi connectivity index (χ1) is 15.9. The van der Waals surface area contributed by atoms with Crippen LogP contribution in [0.4, 0.5) is 21.8 Å². The van der Waals surface area contributed by atoms with Gasteiger partial charge >= 0.3 is 5.97 Å². The topological polar surface area (TPSA) is 85.4 Å². The van der Waals surface area contributed by atoms with Gasteiger partial charge in [-0.25, -0.2) is 14.2 Å². The number of nitrogens with zero attached hydrogens (tertiary/aromatic N) is 2. The van der Waals surface area contributed by atoms with Crippen LogP contribution in [0.15, 0.2) is 64.5 Å². The lowest BCUT2D eigenvalue weighted by Gasteiger charge is -2.19. The van der Waals surface area contributed by atoms with Crippen LogP contribution in [-0.2, 0) is 9.53 Å². The Morgan fingerprint density at radius 3 is 2.48 bits per heavy atom. The summed E-state index contributed by atoms with van der Waals surface area (Å²) in [6, 6.07) is 14.8. The Morgan fingerprint density at radius 2 is 1.85 bits per heavy atom. The summed E-state index contributed by atoms with van der Waals surface area (Å²) in [6.45, 7) is 4.04. The molecule has 0 aliphatic heterocycles. The van der Waals surface area contributed by atoms with Gasteiger partial charge in [-0.15, -0.1) is 0 Å². The molecule has 0 radical (unpaired) electrons. The predicted octanol–water partition coefficient (Wildman–Crippen LogP) is 5.52. The smallest absolute Gasteiger partial charge is 0.328 e. The molecule has 2 aromatic carbocycles. The van der Waals surface area contributed by atoms with Crippen LogP contribution in [0.3, 0.4) is 0 Å². The zero-order valence-corrected chi connectivity index (χ0v) is 19.8. The molecule has 3 rings (SSSR count). The number of ether oxygens (including phenoxy) is 2. The number of esters is 1. The standard InChI is InChI=1S/C24H27FN4O3S/c1-15(2)12-20(23(30)32-4)27-24-28-21(26-17-7-5-6-16(25)13-17)14-22(29-24)33-19-10-8-18(31-3)9-11-19/h5-11,13-15,20H,12H2,1-4H3,(H2,26,27,28,29)/t20-/m1/s1. The summed E-state index contributed by atoms with van der Waals surface area (Å²) >= 11 is 1.43. The lowest BCUT2D eigenvalue weighted by molar-refractivity contribution is -0.141. The van der Waals surface area contributed by atoms with Gasteiger partial charge in [0, 0.05) is 16.6 Å². The number of hydrogen-bond donors (Lipinski definition) is 2. The number of nitrogens with one attached hydrogen (secondary N) is 2. The second kappa shape index (κ2) is 11.5. The zero-order valence-electron chi connectivity index (χ0n) is 19.0. The molecule has 33 heavy (non-hydrogen) atoms. The lowest BCUT2D eigenvalue weighted by atomic mass is 10.0. The predicted molar refractivity (Wildman–Crippen MR) is 128 cm³/mol. The highest BCUT2D eigenvalue weighted by molar-refractivity contribution is 7.99. The number of aromatic nitrogens is 2. The van der Waals surface area contributed by atoms with Crippen molar-refractivity contribution in [2.75, 3.05) is 24.9 Å². The number of carbonyl (C=O) groups excluding carboxylic acids is 1. The Hall–Kier alpha value is -3.33. The summed E-state index contributed by atoms with van der Waals surface area (Å²) in [5.74, 6) is 0.990. The van der Waals surface area contributed by atoms with Crippen LogP contribution >= 0.6 is 11.8 Å². The highest BCUT2D eigenvalue weighted by Gasteiger charge is 2.22. The van der Waals surface area contributed by atoms with E-state index in [-0.39, 0.29) is 23.7 Å². The van der Waals surface area contributed by atoms with Crippen molar-refractivity contribution < 1.29 is 18.7 Å². The van der Waals surface area contributed by atoms with E-state index < -0.39 is 6.04 Å². The maximum Gasteiger partial charge on any atom is 0.328 e. The molecule has 0 aliphatic rings. The second-order valence-electron chi connectivity index (χ2n) is 7.68. The van der Waals surface area contributed by atoms with Crippen molar-refractivity contribution >= 4 is 35.2 Å². The molecule has 1 atom stereocenters. The quantitative estimate of drug-likeness (QED) is 0.296. The summed E-state index contributed by atoms with van der Waals surface area (Å²) < 4.78 is 23.8. The van der Waals surface area contributed by atoms with Crippen LogP contribution in [0, 0.1) is 11.7 Å². The normalized spacial score (nSPS) is 11.7. The van der Waals surface area contributed by atoms with E-state index in [4.69, 9.17) is 9.47 Å². The molecule has 0 spiro atoms. The first kappa shape index (κ1) is 24.3. The molecule has 0 aliphatic carbocycles. The second-order valence-corrected chi connectivity index (χ2v) is 8.77. The summed E-state index contributed by atoms with van der Waals surface area (Å²) in [5, 5.41) is 6.85. The van der Waals surface area contributed by atoms with E-state index in [1.807, 2.05) is 38.1 Å². The molecule has 0 saturated carbocycles. The Morgan fingerprint density at radius 1 is 1.09 bits per heavy atom. The van der Waals surface area contributed by atoms with E-state index in [2.05, 4.69) is 20.6 Å². The molecule has 0 amide bonds. The van der Waals surface area contributed by atoms with Crippen molar-refractivity contribution in [3.63, 3.8) is 0 Å². The molecular weight excluding hydrogens is 443 g/mol. The Bertz CT molecular complexity index is 1080. The fourth-order valence-corrected chi connectivity index (χ4v) is 3.88. The molecule has 0 saturated heterocycles. The first-order valence-electron chi connectivity index (χ1n) is 10.4. The SMILES string of the molecule is COC(=O)[C@@H](CC(C)C)Nc1nc(Nc2cccc(F)c2)cc(Sc2ccc(OC)cc2)n1. The molecule has 1 aromatic heterocycles. The van der Waals surface area contributed by atoms with Crippen LogP contribution in [0.5, 0.6) is 5.75 Å². The number of benzene rings is 2. The Kier molecular flexibility index (Phi) is 8.48. The number of rotatable bonds is 10. The number of methoxy groups -OCH3 is 2. The van der Waals surface area contributed by atoms with Gasteiger partial charge in [0.1, 0.15) is 28.5 Å². The van der Waals surface area contributed by atoms with E-state index in [0.29, 0.717) is 23.0 Å². The van der Waals surface area contributed by atoms with Crippen molar-refractivity contribution in [3.05, 3.63) is 60.4 Å². The lowest BCUT2D eigenvalue weighted by Crippen LogP contribution is -2.32. The third-order valence-corrected chi connectivity index (χ3v) is 5.50. The van der Waals surface area contributed by atoms with E-state index in [1.165, 1.54) is 31.0 Å². The number of hydrogen-bond acceptors (Lipinski definition) is 8. The van der Waals surface area contributed by atoms with E-state index >= 15 is 0 Å². The number of anilines is 3. The molecule has 3 aromatic rings. The fraction of sp³-hybridized carbons (Fsp3) is 0.292. The Labute approximate surface area is 197 Å². The van der Waals surface area contributed by atoms with Crippen LogP contribution in [0.25, 0.3) is 0 Å². The van der Waals surface area contributed by atoms with Crippen molar-refractivity contribution in [1.29, 1.82) is 0 Å². The van der Waals surface area contributed by atoms with Gasteiger partial charge in [0.2, 0.25) is 5.95 Å². The molecule has 2 N–H and O–H groups in total. The Balaban J connectivity index is 1.92. The molecule has 174 valence electrons. The maximum atomic E-state index is 13.6. The molecule has 0 bridgehead atoms. The van der Waals surface area contributed by atoms with E-state index in [9.17, 15) is 9.18 Å². The third-order valence-electron chi connectivity index (χ3n) is 4.58. The minimum absolute atomic E-state index is 0.253. The molecule has 7 nitrogen and oxygen atoms in total. The summed E-state index contributed by atoms with van der Waals surface area (Å²) in [5.41, 5.74) is 0.548. The monoisotopic (exact) mass is 470 g/mol. The molecule has 0 unspecified atom stereocenters. The van der Waals surface area contributed by atoms with Crippen molar-refractivity contribution in [2.45, 2.75) is 36.2 Å². The summed E-state index contributed by atoms with van der Waals surface area (Å²) in [6.07, 6.45) is 0.554. The number of halogens is 1. The van der Waals surface area contributed by atoms with Crippen LogP contribution in [0.2, 0.25) is 0 Å². The van der Waals surface area contributed by atoms with Gasteiger partial charge in [-0.3, -0.25) is 0 Å². The van der Waals surface area contributed by atoms with Gasteiger partial charge in [0.15, 0.2) is 0 Å². The summed E-state index contributed by atoms with van der Waals surface area (Å²) in [7, 11) is 2.97. The average molecular weight is 471 g/mol. The van der Waals surface area contributed by atoms with E-state index in [1.54, 1.807) is 25.3 Å². The van der Waals surface area contributed by atoms with Gasteiger partial charge in [-0.05, 0) is 54.8 Å². The third kappa shape index (κ3) is 7.35. The highest BCUT2D eigenvalue weighted by atomic mass is 32.2. The van der Waals surface area contributed by atoms with Gasteiger partial charge in [-0.1, -0.05) is 31.7 Å². The molecule has 0 fully saturated rings. The van der Waals surface area contributed by atoms with Gasteiger partial charge in [-0.2, -0.15) is 4.98 Å². The average Bonchev–Trinajstić information content (AvgIpc) is 2.78. The zero-order chi connectivity index (χ0) is 23.8. The van der Waals surface area contributed by atoms with Crippen molar-refractivity contribution in [3.8, 4) is 5.75 Å². The van der Waals surface area contributed by atoms with Gasteiger partial charge in [0.25, 0.3) is 0 Å². The van der Waals surface area contributed by atoms with E-state index in [0.717, 1.165) is 10.6 Å². The molecular formula is C24H27FN4O3S.